The van der Waals surface area contributed by atoms with Crippen molar-refractivity contribution in [2.24, 2.45) is 0 Å². The molecule has 0 radical (unpaired) electrons. The number of H-pyrrole nitrogens is 1. The second-order valence-electron chi connectivity index (χ2n) is 4.11. The summed E-state index contributed by atoms with van der Waals surface area (Å²) in [7, 11) is 1.34. The van der Waals surface area contributed by atoms with Crippen LogP contribution in [0, 0.1) is 6.92 Å². The molecule has 2 aromatic rings. The summed E-state index contributed by atoms with van der Waals surface area (Å²) in [5.41, 5.74) is 3.15. The van der Waals surface area contributed by atoms with E-state index in [1.165, 1.54) is 13.2 Å². The summed E-state index contributed by atoms with van der Waals surface area (Å²) >= 11 is 0. The zero-order valence-electron chi connectivity index (χ0n) is 10.8. The van der Waals surface area contributed by atoms with Gasteiger partial charge in [0, 0.05) is 16.6 Å². The van der Waals surface area contributed by atoms with E-state index in [1.807, 2.05) is 37.3 Å². The lowest BCUT2D eigenvalue weighted by atomic mass is 10.1. The third-order valence-electron chi connectivity index (χ3n) is 2.95. The van der Waals surface area contributed by atoms with E-state index < -0.39 is 5.97 Å². The zero-order chi connectivity index (χ0) is 13.8. The van der Waals surface area contributed by atoms with Gasteiger partial charge in [0.25, 0.3) is 0 Å². The van der Waals surface area contributed by atoms with Gasteiger partial charge in [-0.15, -0.1) is 0 Å². The predicted octanol–water partition coefficient (Wildman–Crippen LogP) is 3.10. The number of para-hydroxylation sites is 1. The van der Waals surface area contributed by atoms with Gasteiger partial charge in [0.1, 0.15) is 0 Å². The van der Waals surface area contributed by atoms with Crippen molar-refractivity contribution in [1.29, 1.82) is 0 Å². The van der Waals surface area contributed by atoms with Gasteiger partial charge < -0.3 is 14.8 Å². The van der Waals surface area contributed by atoms with Gasteiger partial charge in [-0.2, -0.15) is 0 Å². The van der Waals surface area contributed by atoms with Crippen LogP contribution in [0.4, 0.5) is 0 Å². The number of ether oxygens (including phenoxy) is 1. The third-order valence-corrected chi connectivity index (χ3v) is 2.95. The number of aryl methyl sites for hydroxylation is 1. The third kappa shape index (κ3) is 2.68. The van der Waals surface area contributed by atoms with Crippen molar-refractivity contribution in [2.45, 2.75) is 6.92 Å². The minimum absolute atomic E-state index is 0.0926. The monoisotopic (exact) mass is 257 g/mol. The number of aromatic nitrogens is 1. The van der Waals surface area contributed by atoms with E-state index in [0.29, 0.717) is 0 Å². The number of hydrogen-bond donors (Lipinski definition) is 2. The SMILES string of the molecule is CO/C(=C\C=C\c1[nH]c2ccccc2c1C)C(=O)O. The van der Waals surface area contributed by atoms with Crippen molar-refractivity contribution in [3.63, 3.8) is 0 Å². The van der Waals surface area contributed by atoms with Crippen molar-refractivity contribution < 1.29 is 14.6 Å². The van der Waals surface area contributed by atoms with E-state index in [4.69, 9.17) is 9.84 Å². The standard InChI is InChI=1S/C15H15NO3/c1-10-11-6-3-4-7-13(11)16-12(10)8-5-9-14(19-2)15(17)18/h3-9,16H,1-2H3,(H,17,18)/b8-5+,14-9-. The highest BCUT2D eigenvalue weighted by molar-refractivity contribution is 5.87. The molecule has 1 aromatic carbocycles. The average Bonchev–Trinajstić information content (AvgIpc) is 2.72. The number of aromatic amines is 1. The lowest BCUT2D eigenvalue weighted by Gasteiger charge is -1.96. The highest BCUT2D eigenvalue weighted by atomic mass is 16.5. The van der Waals surface area contributed by atoms with Crippen molar-refractivity contribution in [2.75, 3.05) is 7.11 Å². The summed E-state index contributed by atoms with van der Waals surface area (Å²) in [5, 5.41) is 9.97. The number of carbonyl (C=O) groups is 1. The molecule has 2 N–H and O–H groups in total. The topological polar surface area (TPSA) is 62.3 Å². The quantitative estimate of drug-likeness (QED) is 0.502. The molecule has 1 heterocycles. The molecule has 0 spiro atoms. The number of carboxylic acid groups (broad SMARTS) is 1. The lowest BCUT2D eigenvalue weighted by Crippen LogP contribution is -2.01. The first kappa shape index (κ1) is 13.0. The van der Waals surface area contributed by atoms with E-state index in [1.54, 1.807) is 6.08 Å². The van der Waals surface area contributed by atoms with Crippen LogP contribution in [0.3, 0.4) is 0 Å². The highest BCUT2D eigenvalue weighted by Crippen LogP contribution is 2.22. The number of aliphatic carboxylic acids is 1. The number of fused-ring (bicyclic) bond motifs is 1. The van der Waals surface area contributed by atoms with Crippen molar-refractivity contribution in [3.8, 4) is 0 Å². The molecule has 0 saturated carbocycles. The van der Waals surface area contributed by atoms with Gasteiger partial charge >= 0.3 is 5.97 Å². The van der Waals surface area contributed by atoms with Crippen molar-refractivity contribution in [1.82, 2.24) is 4.98 Å². The first-order valence-electron chi connectivity index (χ1n) is 5.86. The molecule has 4 heteroatoms. The van der Waals surface area contributed by atoms with Crippen LogP contribution < -0.4 is 0 Å². The van der Waals surface area contributed by atoms with Gasteiger partial charge in [-0.25, -0.2) is 4.79 Å². The van der Waals surface area contributed by atoms with E-state index in [9.17, 15) is 4.79 Å². The molecule has 0 bridgehead atoms. The van der Waals surface area contributed by atoms with Gasteiger partial charge in [0.2, 0.25) is 5.76 Å². The summed E-state index contributed by atoms with van der Waals surface area (Å²) in [5.74, 6) is -1.18. The van der Waals surface area contributed by atoms with Crippen molar-refractivity contribution >= 4 is 22.9 Å². The second-order valence-corrected chi connectivity index (χ2v) is 4.11. The Labute approximate surface area is 111 Å². The molecule has 0 amide bonds. The summed E-state index contributed by atoms with van der Waals surface area (Å²) in [6.45, 7) is 2.02. The molecule has 0 atom stereocenters. The molecule has 0 fully saturated rings. The zero-order valence-corrected chi connectivity index (χ0v) is 10.8. The number of nitrogens with one attached hydrogen (secondary N) is 1. The average molecular weight is 257 g/mol. The number of methoxy groups -OCH3 is 1. The van der Waals surface area contributed by atoms with Crippen LogP contribution >= 0.6 is 0 Å². The smallest absolute Gasteiger partial charge is 0.371 e. The number of carboxylic acids is 1. The first-order valence-corrected chi connectivity index (χ1v) is 5.86. The Hall–Kier alpha value is -2.49. The lowest BCUT2D eigenvalue weighted by molar-refractivity contribution is -0.136. The van der Waals surface area contributed by atoms with Gasteiger partial charge in [-0.3, -0.25) is 0 Å². The fraction of sp³-hybridized carbons (Fsp3) is 0.133. The Morgan fingerprint density at radius 1 is 1.37 bits per heavy atom. The summed E-state index contributed by atoms with van der Waals surface area (Å²) in [4.78, 5) is 14.0. The Bertz CT molecular complexity index is 665. The van der Waals surface area contributed by atoms with Crippen LogP contribution in [0.25, 0.3) is 17.0 Å². The summed E-state index contributed by atoms with van der Waals surface area (Å²) < 4.78 is 4.74. The van der Waals surface area contributed by atoms with Gasteiger partial charge in [-0.05, 0) is 30.7 Å². The molecule has 0 aliphatic heterocycles. The predicted molar refractivity (Wildman–Crippen MR) is 74.8 cm³/mol. The number of rotatable bonds is 4. The molecule has 4 nitrogen and oxygen atoms in total. The van der Waals surface area contributed by atoms with Crippen LogP contribution in [0.5, 0.6) is 0 Å². The fourth-order valence-corrected chi connectivity index (χ4v) is 1.93. The second kappa shape index (κ2) is 5.44. The number of benzene rings is 1. The Balaban J connectivity index is 2.31. The van der Waals surface area contributed by atoms with Crippen LogP contribution in [-0.4, -0.2) is 23.2 Å². The largest absolute Gasteiger partial charge is 0.490 e. The maximum Gasteiger partial charge on any atom is 0.371 e. The van der Waals surface area contributed by atoms with Crippen LogP contribution in [0.2, 0.25) is 0 Å². The van der Waals surface area contributed by atoms with Gasteiger partial charge in [0.05, 0.1) is 7.11 Å². The number of allylic oxidation sites excluding steroid dienone is 2. The molecule has 0 saturated heterocycles. The van der Waals surface area contributed by atoms with E-state index in [2.05, 4.69) is 4.98 Å². The minimum Gasteiger partial charge on any atom is -0.490 e. The molecule has 0 aliphatic rings. The minimum atomic E-state index is -1.08. The Kier molecular flexibility index (Phi) is 3.71. The molecule has 2 rings (SSSR count). The first-order chi connectivity index (χ1) is 9.13. The number of hydrogen-bond acceptors (Lipinski definition) is 2. The maximum atomic E-state index is 10.7. The molecule has 1 aromatic heterocycles. The molecule has 0 unspecified atom stereocenters. The summed E-state index contributed by atoms with van der Waals surface area (Å²) in [6, 6.07) is 8.02. The maximum absolute atomic E-state index is 10.7. The molecule has 19 heavy (non-hydrogen) atoms. The normalized spacial score (nSPS) is 12.2. The van der Waals surface area contributed by atoms with E-state index in [0.717, 1.165) is 22.2 Å². The Morgan fingerprint density at radius 2 is 2.11 bits per heavy atom. The fourth-order valence-electron chi connectivity index (χ4n) is 1.93. The van der Waals surface area contributed by atoms with Crippen molar-refractivity contribution in [3.05, 3.63) is 53.4 Å². The van der Waals surface area contributed by atoms with Gasteiger partial charge in [-0.1, -0.05) is 24.3 Å². The highest BCUT2D eigenvalue weighted by Gasteiger charge is 2.05. The molecular formula is C15H15NO3. The van der Waals surface area contributed by atoms with Gasteiger partial charge in [0.15, 0.2) is 0 Å². The molecule has 98 valence electrons. The molecule has 0 aliphatic carbocycles. The van der Waals surface area contributed by atoms with E-state index >= 15 is 0 Å². The van der Waals surface area contributed by atoms with Crippen LogP contribution in [-0.2, 0) is 9.53 Å². The summed E-state index contributed by atoms with van der Waals surface area (Å²) in [6.07, 6.45) is 4.91. The van der Waals surface area contributed by atoms with Crippen LogP contribution in [0.15, 0.2) is 42.2 Å². The molecular weight excluding hydrogens is 242 g/mol. The van der Waals surface area contributed by atoms with E-state index in [-0.39, 0.29) is 5.76 Å². The van der Waals surface area contributed by atoms with Crippen LogP contribution in [0.1, 0.15) is 11.3 Å². The Morgan fingerprint density at radius 3 is 2.74 bits per heavy atom.